The fourth-order valence-corrected chi connectivity index (χ4v) is 1.56. The number of phenols is 1. The highest BCUT2D eigenvalue weighted by molar-refractivity contribution is 9.10. The van der Waals surface area contributed by atoms with Crippen molar-refractivity contribution >= 4 is 27.0 Å². The third-order valence-electron chi connectivity index (χ3n) is 1.51. The van der Waals surface area contributed by atoms with Crippen LogP contribution in [0.3, 0.4) is 0 Å². The number of hydrogen-bond acceptors (Lipinski definition) is 3. The predicted octanol–water partition coefficient (Wildman–Crippen LogP) is 2.10. The van der Waals surface area contributed by atoms with Crippen LogP contribution in [0.2, 0.25) is 0 Å². The molecule has 0 amide bonds. The van der Waals surface area contributed by atoms with Gasteiger partial charge in [0.2, 0.25) is 0 Å². The second-order valence-electron chi connectivity index (χ2n) is 2.35. The van der Waals surface area contributed by atoms with Gasteiger partial charge in [0.05, 0.1) is 5.52 Å². The summed E-state index contributed by atoms with van der Waals surface area (Å²) in [6.45, 7) is 0. The molecular weight excluding hydrogens is 220 g/mol. The second kappa shape index (κ2) is 2.71. The molecule has 1 N–H and O–H groups in total. The third kappa shape index (κ3) is 1.14. The third-order valence-corrected chi connectivity index (χ3v) is 2.12. The Morgan fingerprint density at radius 2 is 1.92 bits per heavy atom. The molecule has 0 aliphatic carbocycles. The Hall–Kier alpha value is -1.16. The van der Waals surface area contributed by atoms with Crippen molar-refractivity contribution in [3.63, 3.8) is 0 Å². The monoisotopic (exact) mass is 224 g/mol. The van der Waals surface area contributed by atoms with Crippen LogP contribution in [-0.2, 0) is 0 Å². The van der Waals surface area contributed by atoms with E-state index >= 15 is 0 Å². The Labute approximate surface area is 77.2 Å². The SMILES string of the molecule is Oc1cc(Br)c2nccnc2c1. The summed E-state index contributed by atoms with van der Waals surface area (Å²) in [6.07, 6.45) is 3.21. The van der Waals surface area contributed by atoms with Gasteiger partial charge in [-0.2, -0.15) is 0 Å². The Kier molecular flexibility index (Phi) is 1.69. The van der Waals surface area contributed by atoms with Crippen molar-refractivity contribution in [1.29, 1.82) is 0 Å². The first-order valence-corrected chi connectivity index (χ1v) is 4.16. The molecule has 60 valence electrons. The average molecular weight is 225 g/mol. The molecule has 1 aromatic carbocycles. The topological polar surface area (TPSA) is 46.0 Å². The number of fused-ring (bicyclic) bond motifs is 1. The number of aromatic hydroxyl groups is 1. The van der Waals surface area contributed by atoms with Crippen LogP contribution < -0.4 is 0 Å². The molecule has 0 radical (unpaired) electrons. The molecule has 2 rings (SSSR count). The highest BCUT2D eigenvalue weighted by atomic mass is 79.9. The summed E-state index contributed by atoms with van der Waals surface area (Å²) in [5.41, 5.74) is 1.44. The Bertz CT molecular complexity index is 430. The van der Waals surface area contributed by atoms with E-state index in [4.69, 9.17) is 0 Å². The minimum absolute atomic E-state index is 0.190. The van der Waals surface area contributed by atoms with E-state index in [9.17, 15) is 5.11 Å². The zero-order valence-electron chi connectivity index (χ0n) is 6.03. The van der Waals surface area contributed by atoms with Crippen molar-refractivity contribution < 1.29 is 5.11 Å². The molecular formula is C8H5BrN2O. The van der Waals surface area contributed by atoms with Gasteiger partial charge in [-0.3, -0.25) is 9.97 Å². The molecule has 0 atom stereocenters. The number of phenolic OH excluding ortho intramolecular Hbond substituents is 1. The van der Waals surface area contributed by atoms with Crippen LogP contribution >= 0.6 is 15.9 Å². The minimum Gasteiger partial charge on any atom is -0.508 e. The van der Waals surface area contributed by atoms with Gasteiger partial charge in [0.25, 0.3) is 0 Å². The summed E-state index contributed by atoms with van der Waals surface area (Å²) in [7, 11) is 0. The van der Waals surface area contributed by atoms with Crippen LogP contribution in [0.25, 0.3) is 11.0 Å². The molecule has 1 heterocycles. The van der Waals surface area contributed by atoms with E-state index in [0.29, 0.717) is 5.52 Å². The standard InChI is InChI=1S/C8H5BrN2O/c9-6-3-5(12)4-7-8(6)11-2-1-10-7/h1-4,12H. The fraction of sp³-hybridized carbons (Fsp3) is 0. The van der Waals surface area contributed by atoms with Crippen LogP contribution in [0.4, 0.5) is 0 Å². The summed E-state index contributed by atoms with van der Waals surface area (Å²) in [5.74, 6) is 0.190. The maximum absolute atomic E-state index is 9.21. The summed E-state index contributed by atoms with van der Waals surface area (Å²) in [4.78, 5) is 8.15. The van der Waals surface area contributed by atoms with E-state index in [1.165, 1.54) is 0 Å². The van der Waals surface area contributed by atoms with E-state index < -0.39 is 0 Å². The molecule has 0 bridgehead atoms. The molecule has 1 aromatic heterocycles. The summed E-state index contributed by atoms with van der Waals surface area (Å²) < 4.78 is 0.755. The molecule has 12 heavy (non-hydrogen) atoms. The van der Waals surface area contributed by atoms with Crippen molar-refractivity contribution in [2.24, 2.45) is 0 Å². The molecule has 0 fully saturated rings. The highest BCUT2D eigenvalue weighted by Crippen LogP contribution is 2.25. The lowest BCUT2D eigenvalue weighted by atomic mass is 10.3. The zero-order valence-corrected chi connectivity index (χ0v) is 7.62. The number of nitrogens with zero attached hydrogens (tertiary/aromatic N) is 2. The number of halogens is 1. The molecule has 0 unspecified atom stereocenters. The van der Waals surface area contributed by atoms with Gasteiger partial charge >= 0.3 is 0 Å². The first-order valence-electron chi connectivity index (χ1n) is 3.36. The average Bonchev–Trinajstić information content (AvgIpc) is 2.04. The van der Waals surface area contributed by atoms with E-state index in [-0.39, 0.29) is 5.75 Å². The molecule has 3 nitrogen and oxygen atoms in total. The van der Waals surface area contributed by atoms with Gasteiger partial charge < -0.3 is 5.11 Å². The minimum atomic E-state index is 0.190. The maximum Gasteiger partial charge on any atom is 0.119 e. The first-order chi connectivity index (χ1) is 5.77. The lowest BCUT2D eigenvalue weighted by Gasteiger charge is -1.98. The van der Waals surface area contributed by atoms with E-state index in [0.717, 1.165) is 9.99 Å². The highest BCUT2D eigenvalue weighted by Gasteiger charge is 2.01. The Balaban J connectivity index is 2.89. The summed E-state index contributed by atoms with van der Waals surface area (Å²) >= 11 is 3.29. The van der Waals surface area contributed by atoms with Gasteiger partial charge in [-0.1, -0.05) is 0 Å². The maximum atomic E-state index is 9.21. The molecule has 0 saturated carbocycles. The van der Waals surface area contributed by atoms with Crippen LogP contribution in [-0.4, -0.2) is 15.1 Å². The number of rotatable bonds is 0. The van der Waals surface area contributed by atoms with Gasteiger partial charge in [0, 0.05) is 22.9 Å². The summed E-state index contributed by atoms with van der Waals surface area (Å²) in [5, 5.41) is 9.21. The lowest BCUT2D eigenvalue weighted by molar-refractivity contribution is 0.475. The molecule has 0 saturated heterocycles. The van der Waals surface area contributed by atoms with E-state index in [2.05, 4.69) is 25.9 Å². The van der Waals surface area contributed by atoms with Gasteiger partial charge in [0.15, 0.2) is 0 Å². The van der Waals surface area contributed by atoms with Crippen molar-refractivity contribution in [2.75, 3.05) is 0 Å². The first kappa shape index (κ1) is 7.49. The van der Waals surface area contributed by atoms with Gasteiger partial charge in [-0.25, -0.2) is 0 Å². The van der Waals surface area contributed by atoms with Crippen molar-refractivity contribution in [3.05, 3.63) is 29.0 Å². The van der Waals surface area contributed by atoms with Crippen LogP contribution in [0.15, 0.2) is 29.0 Å². The Morgan fingerprint density at radius 3 is 2.75 bits per heavy atom. The van der Waals surface area contributed by atoms with Crippen LogP contribution in [0.1, 0.15) is 0 Å². The van der Waals surface area contributed by atoms with Crippen LogP contribution in [0, 0.1) is 0 Å². The Morgan fingerprint density at radius 1 is 1.17 bits per heavy atom. The predicted molar refractivity (Wildman–Crippen MR) is 48.9 cm³/mol. The van der Waals surface area contributed by atoms with Gasteiger partial charge in [-0.05, 0) is 22.0 Å². The van der Waals surface area contributed by atoms with Crippen molar-refractivity contribution in [1.82, 2.24) is 9.97 Å². The zero-order chi connectivity index (χ0) is 8.55. The largest absolute Gasteiger partial charge is 0.508 e. The number of hydrogen-bond donors (Lipinski definition) is 1. The lowest BCUT2D eigenvalue weighted by Crippen LogP contribution is -1.82. The molecule has 0 aliphatic heterocycles. The smallest absolute Gasteiger partial charge is 0.119 e. The molecule has 4 heteroatoms. The molecule has 2 aromatic rings. The van der Waals surface area contributed by atoms with Crippen molar-refractivity contribution in [3.8, 4) is 5.75 Å². The number of aromatic nitrogens is 2. The van der Waals surface area contributed by atoms with Crippen LogP contribution in [0.5, 0.6) is 5.75 Å². The summed E-state index contributed by atoms with van der Waals surface area (Å²) in [6, 6.07) is 3.17. The fourth-order valence-electron chi connectivity index (χ4n) is 1.02. The number of benzene rings is 1. The quantitative estimate of drug-likeness (QED) is 0.746. The van der Waals surface area contributed by atoms with Crippen molar-refractivity contribution in [2.45, 2.75) is 0 Å². The van der Waals surface area contributed by atoms with E-state index in [1.807, 2.05) is 0 Å². The molecule has 0 aliphatic rings. The van der Waals surface area contributed by atoms with Gasteiger partial charge in [0.1, 0.15) is 11.3 Å². The van der Waals surface area contributed by atoms with Gasteiger partial charge in [-0.15, -0.1) is 0 Å². The van der Waals surface area contributed by atoms with E-state index in [1.54, 1.807) is 24.5 Å². The molecule has 0 spiro atoms. The normalized spacial score (nSPS) is 10.4. The second-order valence-corrected chi connectivity index (χ2v) is 3.21.